The van der Waals surface area contributed by atoms with Crippen molar-refractivity contribution in [1.29, 1.82) is 0 Å². The molecule has 0 aliphatic heterocycles. The molecule has 196 valence electrons. The molecular weight excluding hydrogens is 529 g/mol. The predicted molar refractivity (Wildman–Crippen MR) is 177 cm³/mol. The Balaban J connectivity index is 1.31. The lowest BCUT2D eigenvalue weighted by Gasteiger charge is -2.37. The molecule has 10 rings (SSSR count). The van der Waals surface area contributed by atoms with Crippen molar-refractivity contribution in [3.05, 3.63) is 155 Å². The normalized spacial score (nSPS) is 18.9. The average molecular weight is 553 g/mol. The van der Waals surface area contributed by atoms with Gasteiger partial charge < -0.3 is 4.57 Å². The highest BCUT2D eigenvalue weighted by Gasteiger charge is 2.36. The third kappa shape index (κ3) is 3.01. The molecule has 3 aromatic carbocycles. The molecule has 0 radical (unpaired) electrons. The van der Waals surface area contributed by atoms with Crippen molar-refractivity contribution in [2.45, 2.75) is 6.42 Å². The lowest BCUT2D eigenvalue weighted by Crippen LogP contribution is -2.23. The second-order valence-corrected chi connectivity index (χ2v) is 12.6. The van der Waals surface area contributed by atoms with E-state index in [1.54, 1.807) is 0 Å². The van der Waals surface area contributed by atoms with Gasteiger partial charge in [0.15, 0.2) is 0 Å². The lowest BCUT2D eigenvalue weighted by molar-refractivity contribution is 0.825. The first-order valence-electron chi connectivity index (χ1n) is 14.6. The number of rotatable bonds is 2. The highest BCUT2D eigenvalue weighted by atomic mass is 32.1. The van der Waals surface area contributed by atoms with Crippen molar-refractivity contribution >= 4 is 59.1 Å². The van der Waals surface area contributed by atoms with E-state index in [4.69, 9.17) is 4.98 Å². The number of allylic oxidation sites excluding steroid dienone is 14. The van der Waals surface area contributed by atoms with Crippen LogP contribution in [-0.4, -0.2) is 9.55 Å². The smallest absolute Gasteiger partial charge is 0.0964 e. The van der Waals surface area contributed by atoms with Crippen LogP contribution in [0.3, 0.4) is 0 Å². The molecule has 1 unspecified atom stereocenters. The van der Waals surface area contributed by atoms with Gasteiger partial charge in [-0.1, -0.05) is 91.1 Å². The molecule has 0 N–H and O–H groups in total. The minimum absolute atomic E-state index is 0.265. The van der Waals surface area contributed by atoms with Crippen molar-refractivity contribution < 1.29 is 0 Å². The third-order valence-corrected chi connectivity index (χ3v) is 10.5. The monoisotopic (exact) mass is 552 g/mol. The fourth-order valence-corrected chi connectivity index (χ4v) is 8.55. The predicted octanol–water partition coefficient (Wildman–Crippen LogP) is 10.3. The van der Waals surface area contributed by atoms with Gasteiger partial charge in [0.05, 0.1) is 22.2 Å². The zero-order chi connectivity index (χ0) is 27.4. The summed E-state index contributed by atoms with van der Waals surface area (Å²) in [4.78, 5) is 5.16. The van der Waals surface area contributed by atoms with Crippen LogP contribution in [0.1, 0.15) is 6.42 Å². The molecule has 1 atom stereocenters. The third-order valence-electron chi connectivity index (χ3n) is 9.32. The molecule has 0 amide bonds. The van der Waals surface area contributed by atoms with E-state index >= 15 is 0 Å². The molecule has 3 heteroatoms. The van der Waals surface area contributed by atoms with Gasteiger partial charge in [-0.05, 0) is 70.2 Å². The molecule has 2 nitrogen and oxygen atoms in total. The SMILES string of the molecule is C1=CC2=C3C(=CC=C4C(n5c6cc7sc8ccccc8c7cc6c6ncc(-c7ccccc7)cc65)=CC=C(C=C2)C43)C1. The molecule has 3 aromatic heterocycles. The van der Waals surface area contributed by atoms with Gasteiger partial charge in [0.2, 0.25) is 0 Å². The first-order valence-corrected chi connectivity index (χ1v) is 15.4. The Hall–Kier alpha value is -4.99. The van der Waals surface area contributed by atoms with E-state index in [1.165, 1.54) is 70.2 Å². The highest BCUT2D eigenvalue weighted by Crippen LogP contribution is 2.51. The van der Waals surface area contributed by atoms with Gasteiger partial charge in [-0.3, -0.25) is 4.98 Å². The van der Waals surface area contributed by atoms with E-state index in [9.17, 15) is 0 Å². The van der Waals surface area contributed by atoms with E-state index in [-0.39, 0.29) is 5.92 Å². The second kappa shape index (κ2) is 8.28. The van der Waals surface area contributed by atoms with Crippen molar-refractivity contribution in [2.24, 2.45) is 5.92 Å². The van der Waals surface area contributed by atoms with Crippen LogP contribution in [0.25, 0.3) is 58.9 Å². The van der Waals surface area contributed by atoms with Crippen molar-refractivity contribution in [3.8, 4) is 11.1 Å². The molecule has 0 bridgehead atoms. The largest absolute Gasteiger partial charge is 0.307 e. The molecular formula is C39H24N2S. The van der Waals surface area contributed by atoms with Crippen LogP contribution in [0.5, 0.6) is 0 Å². The Labute approximate surface area is 246 Å². The fourth-order valence-electron chi connectivity index (χ4n) is 7.43. The van der Waals surface area contributed by atoms with Crippen LogP contribution in [0.4, 0.5) is 0 Å². The van der Waals surface area contributed by atoms with E-state index in [0.29, 0.717) is 0 Å². The zero-order valence-corrected chi connectivity index (χ0v) is 23.5. The van der Waals surface area contributed by atoms with E-state index in [2.05, 4.69) is 126 Å². The summed E-state index contributed by atoms with van der Waals surface area (Å²) in [7, 11) is 0. The first-order chi connectivity index (χ1) is 20.8. The second-order valence-electron chi connectivity index (χ2n) is 11.5. The van der Waals surface area contributed by atoms with Gasteiger partial charge in [0.1, 0.15) is 0 Å². The van der Waals surface area contributed by atoms with Crippen molar-refractivity contribution in [1.82, 2.24) is 9.55 Å². The molecule has 0 spiro atoms. The molecule has 3 heterocycles. The number of hydrogen-bond donors (Lipinski definition) is 0. The number of hydrogen-bond acceptors (Lipinski definition) is 2. The summed E-state index contributed by atoms with van der Waals surface area (Å²) in [5.41, 5.74) is 14.0. The Bertz CT molecular complexity index is 2410. The number of benzene rings is 3. The van der Waals surface area contributed by atoms with Gasteiger partial charge in [0, 0.05) is 43.2 Å². The molecule has 42 heavy (non-hydrogen) atoms. The number of pyridine rings is 1. The maximum absolute atomic E-state index is 5.16. The summed E-state index contributed by atoms with van der Waals surface area (Å²) in [6, 6.07) is 26.5. The quantitative estimate of drug-likeness (QED) is 0.209. The van der Waals surface area contributed by atoms with E-state index in [1.807, 2.05) is 17.5 Å². The summed E-state index contributed by atoms with van der Waals surface area (Å²) in [5, 5.41) is 3.83. The first kappa shape index (κ1) is 22.7. The van der Waals surface area contributed by atoms with Gasteiger partial charge in [0.25, 0.3) is 0 Å². The number of thiophene rings is 1. The maximum Gasteiger partial charge on any atom is 0.0964 e. The minimum atomic E-state index is 0.265. The Morgan fingerprint density at radius 2 is 1.62 bits per heavy atom. The summed E-state index contributed by atoms with van der Waals surface area (Å²) >= 11 is 1.88. The maximum atomic E-state index is 5.16. The summed E-state index contributed by atoms with van der Waals surface area (Å²) < 4.78 is 5.13. The Morgan fingerprint density at radius 3 is 2.57 bits per heavy atom. The summed E-state index contributed by atoms with van der Waals surface area (Å²) in [6.07, 6.45) is 21.6. The standard InChI is InChI=1S/C39H24N2S/c1-2-7-23(8-3-1)27-19-34-39(40-22-27)31-20-30-28-11-4-5-12-35(28)42-36(30)21-33(31)41(34)32-18-16-26-14-13-24-9-6-10-25-15-17-29(32)38(26)37(24)25/h1-9,11-22,38H,10H2. The van der Waals surface area contributed by atoms with Crippen LogP contribution in [0.15, 0.2) is 155 Å². The number of fused-ring (bicyclic) bond motifs is 6. The zero-order valence-electron chi connectivity index (χ0n) is 22.7. The van der Waals surface area contributed by atoms with Crippen LogP contribution in [0, 0.1) is 5.92 Å². The molecule has 0 saturated carbocycles. The van der Waals surface area contributed by atoms with Crippen molar-refractivity contribution in [2.75, 3.05) is 0 Å². The van der Waals surface area contributed by atoms with Crippen LogP contribution >= 0.6 is 11.3 Å². The van der Waals surface area contributed by atoms with Crippen LogP contribution < -0.4 is 0 Å². The molecule has 4 aliphatic rings. The Morgan fingerprint density at radius 1 is 0.714 bits per heavy atom. The van der Waals surface area contributed by atoms with E-state index in [0.717, 1.165) is 23.0 Å². The molecule has 0 saturated heterocycles. The molecule has 4 aliphatic carbocycles. The van der Waals surface area contributed by atoms with Gasteiger partial charge in [-0.25, -0.2) is 0 Å². The lowest BCUT2D eigenvalue weighted by atomic mass is 9.68. The summed E-state index contributed by atoms with van der Waals surface area (Å²) in [5.74, 6) is 0.265. The van der Waals surface area contributed by atoms with Gasteiger partial charge in [-0.2, -0.15) is 0 Å². The number of nitrogens with zero attached hydrogens (tertiary/aromatic N) is 2. The molecule has 6 aromatic rings. The average Bonchev–Trinajstić information content (AvgIpc) is 3.57. The fraction of sp³-hybridized carbons (Fsp3) is 0.0513. The van der Waals surface area contributed by atoms with Gasteiger partial charge in [-0.15, -0.1) is 11.3 Å². The Kier molecular flexibility index (Phi) is 4.47. The van der Waals surface area contributed by atoms with Crippen LogP contribution in [-0.2, 0) is 0 Å². The van der Waals surface area contributed by atoms with Crippen LogP contribution in [0.2, 0.25) is 0 Å². The molecule has 0 fully saturated rings. The van der Waals surface area contributed by atoms with E-state index < -0.39 is 0 Å². The topological polar surface area (TPSA) is 17.8 Å². The van der Waals surface area contributed by atoms with Gasteiger partial charge >= 0.3 is 0 Å². The van der Waals surface area contributed by atoms with Crippen molar-refractivity contribution in [3.63, 3.8) is 0 Å². The minimum Gasteiger partial charge on any atom is -0.307 e. The summed E-state index contributed by atoms with van der Waals surface area (Å²) in [6.45, 7) is 0. The highest BCUT2D eigenvalue weighted by molar-refractivity contribution is 7.25. The number of aromatic nitrogens is 2.